The van der Waals surface area contributed by atoms with E-state index >= 15 is 0 Å². The zero-order valence-corrected chi connectivity index (χ0v) is 12.6. The molecule has 112 valence electrons. The van der Waals surface area contributed by atoms with E-state index in [1.54, 1.807) is 0 Å². The fourth-order valence-electron chi connectivity index (χ4n) is 2.94. The van der Waals surface area contributed by atoms with Gasteiger partial charge in [0.25, 0.3) is 0 Å². The lowest BCUT2D eigenvalue weighted by atomic mass is 9.85. The van der Waals surface area contributed by atoms with Gasteiger partial charge in [0.05, 0.1) is 6.10 Å². The summed E-state index contributed by atoms with van der Waals surface area (Å²) in [4.78, 5) is 0. The molecule has 20 heavy (non-hydrogen) atoms. The van der Waals surface area contributed by atoms with Gasteiger partial charge >= 0.3 is 0 Å². The minimum absolute atomic E-state index is 0.204. The molecule has 2 atom stereocenters. The topological polar surface area (TPSA) is 41.5 Å². The van der Waals surface area contributed by atoms with E-state index in [9.17, 15) is 5.11 Å². The lowest BCUT2D eigenvalue weighted by Gasteiger charge is -2.31. The van der Waals surface area contributed by atoms with Crippen molar-refractivity contribution in [2.75, 3.05) is 6.61 Å². The molecule has 0 heterocycles. The number of benzene rings is 1. The first-order valence-electron chi connectivity index (χ1n) is 7.79. The molecule has 0 aliphatic heterocycles. The number of aliphatic hydroxyl groups is 1. The van der Waals surface area contributed by atoms with E-state index in [4.69, 9.17) is 4.74 Å². The highest BCUT2D eigenvalue weighted by Crippen LogP contribution is 2.24. The number of hydrogen-bond acceptors (Lipinski definition) is 3. The minimum atomic E-state index is 0.204. The average molecular weight is 277 g/mol. The molecule has 1 saturated carbocycles. The third-order valence-corrected chi connectivity index (χ3v) is 3.98. The van der Waals surface area contributed by atoms with Crippen molar-refractivity contribution in [3.63, 3.8) is 0 Å². The summed E-state index contributed by atoms with van der Waals surface area (Å²) in [5, 5.41) is 13.0. The second-order valence-corrected chi connectivity index (χ2v) is 6.03. The van der Waals surface area contributed by atoms with Crippen molar-refractivity contribution in [3.05, 3.63) is 29.8 Å². The predicted molar refractivity (Wildman–Crippen MR) is 81.9 cm³/mol. The Kier molecular flexibility index (Phi) is 5.86. The second-order valence-electron chi connectivity index (χ2n) is 6.03. The van der Waals surface area contributed by atoms with Gasteiger partial charge in [-0.25, -0.2) is 0 Å². The smallest absolute Gasteiger partial charge is 0.120 e. The van der Waals surface area contributed by atoms with Crippen LogP contribution in [0.2, 0.25) is 0 Å². The maximum absolute atomic E-state index is 9.44. The summed E-state index contributed by atoms with van der Waals surface area (Å²) in [6, 6.07) is 8.71. The summed E-state index contributed by atoms with van der Waals surface area (Å²) in [5.41, 5.74) is 1.24. The largest absolute Gasteiger partial charge is 0.491 e. The van der Waals surface area contributed by atoms with E-state index in [2.05, 4.69) is 17.4 Å². The Morgan fingerprint density at radius 1 is 1.30 bits per heavy atom. The van der Waals surface area contributed by atoms with Crippen molar-refractivity contribution in [2.45, 2.75) is 58.2 Å². The second kappa shape index (κ2) is 7.65. The number of hydrogen-bond donors (Lipinski definition) is 2. The normalized spacial score (nSPS) is 23.0. The van der Waals surface area contributed by atoms with E-state index in [1.165, 1.54) is 24.8 Å². The molecule has 1 aromatic rings. The minimum Gasteiger partial charge on any atom is -0.491 e. The first-order chi connectivity index (χ1) is 9.69. The first kappa shape index (κ1) is 15.3. The highest BCUT2D eigenvalue weighted by atomic mass is 16.5. The molecule has 1 aliphatic carbocycles. The van der Waals surface area contributed by atoms with Crippen LogP contribution in [0, 0.1) is 5.92 Å². The van der Waals surface area contributed by atoms with Crippen molar-refractivity contribution >= 4 is 0 Å². The molecule has 1 fully saturated rings. The summed E-state index contributed by atoms with van der Waals surface area (Å²) in [6.45, 7) is 5.22. The Hall–Kier alpha value is -1.06. The van der Waals surface area contributed by atoms with Gasteiger partial charge in [-0.05, 0) is 50.3 Å². The molecule has 3 heteroatoms. The number of ether oxygens (including phenoxy) is 1. The van der Waals surface area contributed by atoms with Crippen molar-refractivity contribution in [3.8, 4) is 5.75 Å². The third kappa shape index (κ3) is 4.50. The molecule has 1 aromatic carbocycles. The Morgan fingerprint density at radius 2 is 2.10 bits per heavy atom. The van der Waals surface area contributed by atoms with Gasteiger partial charge in [0.2, 0.25) is 0 Å². The summed E-state index contributed by atoms with van der Waals surface area (Å²) in [5.74, 6) is 1.35. The highest BCUT2D eigenvalue weighted by Gasteiger charge is 2.23. The number of rotatable bonds is 6. The van der Waals surface area contributed by atoms with Crippen LogP contribution >= 0.6 is 0 Å². The van der Waals surface area contributed by atoms with Gasteiger partial charge in [-0.15, -0.1) is 0 Å². The Balaban J connectivity index is 1.89. The lowest BCUT2D eigenvalue weighted by Crippen LogP contribution is -2.39. The van der Waals surface area contributed by atoms with Crippen molar-refractivity contribution in [1.82, 2.24) is 5.32 Å². The van der Waals surface area contributed by atoms with E-state index in [1.807, 2.05) is 26.0 Å². The summed E-state index contributed by atoms with van der Waals surface area (Å²) in [7, 11) is 0. The van der Waals surface area contributed by atoms with Crippen LogP contribution in [-0.2, 0) is 6.54 Å². The molecule has 3 nitrogen and oxygen atoms in total. The maximum atomic E-state index is 9.44. The van der Waals surface area contributed by atoms with Gasteiger partial charge in [-0.3, -0.25) is 0 Å². The molecule has 2 N–H and O–H groups in total. The van der Waals surface area contributed by atoms with Crippen molar-refractivity contribution in [1.29, 1.82) is 0 Å². The van der Waals surface area contributed by atoms with Crippen LogP contribution in [0.5, 0.6) is 5.75 Å². The Bertz CT molecular complexity index is 406. The van der Waals surface area contributed by atoms with E-state index in [-0.39, 0.29) is 6.10 Å². The zero-order valence-electron chi connectivity index (χ0n) is 12.6. The maximum Gasteiger partial charge on any atom is 0.120 e. The van der Waals surface area contributed by atoms with Gasteiger partial charge < -0.3 is 15.2 Å². The van der Waals surface area contributed by atoms with E-state index in [0.29, 0.717) is 18.6 Å². The van der Waals surface area contributed by atoms with Crippen LogP contribution in [0.25, 0.3) is 0 Å². The third-order valence-electron chi connectivity index (χ3n) is 3.98. The average Bonchev–Trinajstić information content (AvgIpc) is 2.45. The van der Waals surface area contributed by atoms with E-state index in [0.717, 1.165) is 18.7 Å². The highest BCUT2D eigenvalue weighted by molar-refractivity contribution is 5.28. The molecule has 0 radical (unpaired) electrons. The van der Waals surface area contributed by atoms with E-state index < -0.39 is 0 Å². The molecule has 0 spiro atoms. The molecule has 0 aromatic heterocycles. The zero-order chi connectivity index (χ0) is 14.4. The fourth-order valence-corrected chi connectivity index (χ4v) is 2.94. The van der Waals surface area contributed by atoms with Gasteiger partial charge in [-0.2, -0.15) is 0 Å². The quantitative estimate of drug-likeness (QED) is 0.839. The van der Waals surface area contributed by atoms with Crippen LogP contribution in [0.1, 0.15) is 45.1 Å². The molecule has 0 saturated heterocycles. The van der Waals surface area contributed by atoms with Crippen molar-refractivity contribution < 1.29 is 9.84 Å². The fraction of sp³-hybridized carbons (Fsp3) is 0.647. The molecular weight excluding hydrogens is 250 g/mol. The molecule has 2 rings (SSSR count). The summed E-state index contributed by atoms with van der Waals surface area (Å²) >= 11 is 0. The molecule has 0 bridgehead atoms. The predicted octanol–water partition coefficient (Wildman–Crippen LogP) is 3.11. The van der Waals surface area contributed by atoms with Crippen LogP contribution in [0.3, 0.4) is 0 Å². The van der Waals surface area contributed by atoms with Crippen molar-refractivity contribution in [2.24, 2.45) is 5.92 Å². The van der Waals surface area contributed by atoms with Gasteiger partial charge in [0.15, 0.2) is 0 Å². The SMILES string of the molecule is CC(C)Oc1cccc(CNC2CCCCC2CO)c1. The van der Waals surface area contributed by atoms with Gasteiger partial charge in [0, 0.05) is 19.2 Å². The standard InChI is InChI=1S/C17H27NO2/c1-13(2)20-16-8-5-6-14(10-16)11-18-17-9-4-3-7-15(17)12-19/h5-6,8,10,13,15,17-19H,3-4,7,9,11-12H2,1-2H3. The van der Waals surface area contributed by atoms with Crippen LogP contribution in [-0.4, -0.2) is 23.9 Å². The monoisotopic (exact) mass is 277 g/mol. The Morgan fingerprint density at radius 3 is 2.85 bits per heavy atom. The first-order valence-corrected chi connectivity index (χ1v) is 7.79. The molecule has 2 unspecified atom stereocenters. The molecular formula is C17H27NO2. The summed E-state index contributed by atoms with van der Waals surface area (Å²) < 4.78 is 5.72. The molecule has 0 amide bonds. The van der Waals surface area contributed by atoms with Crippen LogP contribution in [0.4, 0.5) is 0 Å². The van der Waals surface area contributed by atoms with Gasteiger partial charge in [-0.1, -0.05) is 25.0 Å². The lowest BCUT2D eigenvalue weighted by molar-refractivity contribution is 0.152. The molecule has 1 aliphatic rings. The number of nitrogens with one attached hydrogen (secondary N) is 1. The summed E-state index contributed by atoms with van der Waals surface area (Å²) in [6.07, 6.45) is 5.04. The van der Waals surface area contributed by atoms with Gasteiger partial charge in [0.1, 0.15) is 5.75 Å². The van der Waals surface area contributed by atoms with Crippen LogP contribution in [0.15, 0.2) is 24.3 Å². The number of aliphatic hydroxyl groups excluding tert-OH is 1. The Labute approximate surface area is 122 Å². The van der Waals surface area contributed by atoms with Crippen LogP contribution < -0.4 is 10.1 Å².